The van der Waals surface area contributed by atoms with Gasteiger partial charge in [-0.25, -0.2) is 8.42 Å². The van der Waals surface area contributed by atoms with E-state index in [4.69, 9.17) is 9.52 Å². The molecule has 0 aliphatic carbocycles. The Balaban J connectivity index is 2.82. The Labute approximate surface area is 77.1 Å². The zero-order valence-corrected chi connectivity index (χ0v) is 8.17. The van der Waals surface area contributed by atoms with Crippen LogP contribution in [0.4, 0.5) is 0 Å². The molecule has 0 atom stereocenters. The summed E-state index contributed by atoms with van der Waals surface area (Å²) in [5.74, 6) is 0.499. The van der Waals surface area contributed by atoms with Crippen molar-refractivity contribution in [3.05, 3.63) is 17.9 Å². The molecule has 1 aromatic rings. The van der Waals surface area contributed by atoms with Crippen LogP contribution in [0.3, 0.4) is 0 Å². The van der Waals surface area contributed by atoms with Crippen LogP contribution < -0.4 is 0 Å². The first-order valence-electron chi connectivity index (χ1n) is 3.96. The first-order chi connectivity index (χ1) is 6.06. The highest BCUT2D eigenvalue weighted by molar-refractivity contribution is 7.91. The summed E-state index contributed by atoms with van der Waals surface area (Å²) in [7, 11) is -3.33. The standard InChI is InChI=1S/C8H12O4S/c1-7-3-4-8(12-7)13(10,11)6-2-5-9/h3-4,9H,2,5-6H2,1H3. The van der Waals surface area contributed by atoms with E-state index in [9.17, 15) is 8.42 Å². The van der Waals surface area contributed by atoms with Crippen LogP contribution in [0.5, 0.6) is 0 Å². The monoisotopic (exact) mass is 204 g/mol. The second-order valence-corrected chi connectivity index (χ2v) is 4.80. The lowest BCUT2D eigenvalue weighted by Crippen LogP contribution is -2.07. The Hall–Kier alpha value is -0.810. The van der Waals surface area contributed by atoms with Crippen molar-refractivity contribution < 1.29 is 17.9 Å². The average Bonchev–Trinajstić information content (AvgIpc) is 2.49. The molecule has 0 aliphatic heterocycles. The van der Waals surface area contributed by atoms with E-state index in [-0.39, 0.29) is 23.9 Å². The molecule has 5 heteroatoms. The molecule has 0 unspecified atom stereocenters. The van der Waals surface area contributed by atoms with Crippen molar-refractivity contribution in [3.8, 4) is 0 Å². The highest BCUT2D eigenvalue weighted by atomic mass is 32.2. The maximum Gasteiger partial charge on any atom is 0.218 e. The van der Waals surface area contributed by atoms with Gasteiger partial charge >= 0.3 is 0 Å². The Bertz CT molecular complexity index is 363. The summed E-state index contributed by atoms with van der Waals surface area (Å²) in [5.41, 5.74) is 0. The van der Waals surface area contributed by atoms with Crippen molar-refractivity contribution in [2.45, 2.75) is 18.4 Å². The van der Waals surface area contributed by atoms with E-state index in [2.05, 4.69) is 0 Å². The van der Waals surface area contributed by atoms with Crippen molar-refractivity contribution >= 4 is 9.84 Å². The van der Waals surface area contributed by atoms with Gasteiger partial charge in [-0.3, -0.25) is 0 Å². The van der Waals surface area contributed by atoms with Gasteiger partial charge in [0.15, 0.2) is 0 Å². The molecule has 0 saturated carbocycles. The van der Waals surface area contributed by atoms with Crippen LogP contribution in [-0.2, 0) is 9.84 Å². The number of aliphatic hydroxyl groups excluding tert-OH is 1. The fraction of sp³-hybridized carbons (Fsp3) is 0.500. The van der Waals surface area contributed by atoms with Crippen LogP contribution >= 0.6 is 0 Å². The van der Waals surface area contributed by atoms with Crippen molar-refractivity contribution in [3.63, 3.8) is 0 Å². The van der Waals surface area contributed by atoms with Gasteiger partial charge in [-0.05, 0) is 25.5 Å². The summed E-state index contributed by atoms with van der Waals surface area (Å²) in [6.45, 7) is 1.56. The SMILES string of the molecule is Cc1ccc(S(=O)(=O)CCCO)o1. The zero-order valence-electron chi connectivity index (χ0n) is 7.36. The van der Waals surface area contributed by atoms with E-state index in [1.54, 1.807) is 13.0 Å². The molecule has 1 N–H and O–H groups in total. The Kier molecular flexibility index (Phi) is 3.11. The first kappa shape index (κ1) is 10.3. The molecule has 0 saturated heterocycles. The molecular formula is C8H12O4S. The Morgan fingerprint density at radius 3 is 2.62 bits per heavy atom. The van der Waals surface area contributed by atoms with Crippen molar-refractivity contribution in [1.29, 1.82) is 0 Å². The van der Waals surface area contributed by atoms with Gasteiger partial charge < -0.3 is 9.52 Å². The fourth-order valence-corrected chi connectivity index (χ4v) is 2.18. The highest BCUT2D eigenvalue weighted by Gasteiger charge is 2.17. The summed E-state index contributed by atoms with van der Waals surface area (Å²) in [5, 5.41) is 8.47. The quantitative estimate of drug-likeness (QED) is 0.785. The van der Waals surface area contributed by atoms with Crippen LogP contribution in [0, 0.1) is 6.92 Å². The van der Waals surface area contributed by atoms with E-state index in [1.807, 2.05) is 0 Å². The lowest BCUT2D eigenvalue weighted by molar-refractivity contribution is 0.295. The number of sulfone groups is 1. The van der Waals surface area contributed by atoms with E-state index >= 15 is 0 Å². The van der Waals surface area contributed by atoms with Crippen molar-refractivity contribution in [1.82, 2.24) is 0 Å². The topological polar surface area (TPSA) is 67.5 Å². The predicted octanol–water partition coefficient (Wildman–Crippen LogP) is 0.744. The highest BCUT2D eigenvalue weighted by Crippen LogP contribution is 2.15. The molecule has 0 aliphatic rings. The van der Waals surface area contributed by atoms with Gasteiger partial charge in [0, 0.05) is 6.61 Å². The lowest BCUT2D eigenvalue weighted by atomic mass is 10.5. The number of furan rings is 1. The Morgan fingerprint density at radius 2 is 2.15 bits per heavy atom. The number of rotatable bonds is 4. The van der Waals surface area contributed by atoms with Crippen molar-refractivity contribution in [2.24, 2.45) is 0 Å². The van der Waals surface area contributed by atoms with Crippen LogP contribution in [-0.4, -0.2) is 25.9 Å². The molecule has 0 spiro atoms. The first-order valence-corrected chi connectivity index (χ1v) is 5.61. The maximum absolute atomic E-state index is 11.4. The predicted molar refractivity (Wildman–Crippen MR) is 47.2 cm³/mol. The van der Waals surface area contributed by atoms with E-state index in [1.165, 1.54) is 6.07 Å². The minimum absolute atomic E-state index is 0.0153. The third-order valence-electron chi connectivity index (χ3n) is 1.59. The van der Waals surface area contributed by atoms with Gasteiger partial charge in [-0.1, -0.05) is 0 Å². The van der Waals surface area contributed by atoms with Crippen LogP contribution in [0.1, 0.15) is 12.2 Å². The van der Waals surface area contributed by atoms with Crippen LogP contribution in [0.15, 0.2) is 21.6 Å². The molecule has 0 bridgehead atoms. The van der Waals surface area contributed by atoms with E-state index < -0.39 is 9.84 Å². The summed E-state index contributed by atoms with van der Waals surface area (Å²) >= 11 is 0. The molecule has 0 radical (unpaired) electrons. The molecule has 0 fully saturated rings. The van der Waals surface area contributed by atoms with Gasteiger partial charge in [0.25, 0.3) is 0 Å². The molecule has 0 aromatic carbocycles. The third kappa shape index (κ3) is 2.57. The second kappa shape index (κ2) is 3.93. The maximum atomic E-state index is 11.4. The van der Waals surface area contributed by atoms with Gasteiger partial charge in [-0.2, -0.15) is 0 Å². The van der Waals surface area contributed by atoms with Gasteiger partial charge in [-0.15, -0.1) is 0 Å². The molecule has 1 aromatic heterocycles. The smallest absolute Gasteiger partial charge is 0.218 e. The van der Waals surface area contributed by atoms with Crippen LogP contribution in [0.2, 0.25) is 0 Å². The summed E-state index contributed by atoms with van der Waals surface area (Å²) in [6.07, 6.45) is 0.238. The van der Waals surface area contributed by atoms with E-state index in [0.717, 1.165) is 0 Å². The van der Waals surface area contributed by atoms with Gasteiger partial charge in [0.1, 0.15) is 5.76 Å². The molecular weight excluding hydrogens is 192 g/mol. The Morgan fingerprint density at radius 1 is 1.46 bits per heavy atom. The summed E-state index contributed by atoms with van der Waals surface area (Å²) < 4.78 is 27.8. The van der Waals surface area contributed by atoms with E-state index in [0.29, 0.717) is 5.76 Å². The molecule has 74 valence electrons. The van der Waals surface area contributed by atoms with Gasteiger partial charge in [0.2, 0.25) is 14.9 Å². The molecule has 1 rings (SSSR count). The van der Waals surface area contributed by atoms with Crippen molar-refractivity contribution in [2.75, 3.05) is 12.4 Å². The molecule has 4 nitrogen and oxygen atoms in total. The average molecular weight is 204 g/mol. The lowest BCUT2D eigenvalue weighted by Gasteiger charge is -1.97. The molecule has 13 heavy (non-hydrogen) atoms. The number of aliphatic hydroxyl groups is 1. The van der Waals surface area contributed by atoms with Crippen LogP contribution in [0.25, 0.3) is 0 Å². The zero-order chi connectivity index (χ0) is 9.90. The second-order valence-electron chi connectivity index (χ2n) is 2.76. The molecule has 0 amide bonds. The number of hydrogen-bond donors (Lipinski definition) is 1. The third-order valence-corrected chi connectivity index (χ3v) is 3.25. The fourth-order valence-electron chi connectivity index (χ4n) is 0.934. The summed E-state index contributed by atoms with van der Waals surface area (Å²) in [4.78, 5) is 0. The summed E-state index contributed by atoms with van der Waals surface area (Å²) in [6, 6.07) is 3.04. The number of aryl methyl sites for hydroxylation is 1. The minimum atomic E-state index is -3.33. The molecule has 1 heterocycles. The minimum Gasteiger partial charge on any atom is -0.450 e. The number of hydrogen-bond acceptors (Lipinski definition) is 4. The van der Waals surface area contributed by atoms with Gasteiger partial charge in [0.05, 0.1) is 5.75 Å². The largest absolute Gasteiger partial charge is 0.450 e. The normalized spacial score (nSPS) is 11.8.